The quantitative estimate of drug-likeness (QED) is 0.212. The molecule has 0 aliphatic heterocycles. The molecule has 0 aromatic heterocycles. The van der Waals surface area contributed by atoms with Gasteiger partial charge < -0.3 is 4.74 Å². The van der Waals surface area contributed by atoms with Crippen molar-refractivity contribution in [1.82, 2.24) is 0 Å². The summed E-state index contributed by atoms with van der Waals surface area (Å²) in [6, 6.07) is 4.89. The largest absolute Gasteiger partial charge is 0.426 e. The molecule has 1 rings (SSSR count). The highest BCUT2D eigenvalue weighted by atomic mass is 79.9. The first-order valence-electron chi connectivity index (χ1n) is 6.05. The fourth-order valence-electron chi connectivity index (χ4n) is 1.40. The number of halogens is 1. The Morgan fingerprint density at radius 1 is 1.37 bits per heavy atom. The Kier molecular flexibility index (Phi) is 6.31. The third-order valence-corrected chi connectivity index (χ3v) is 2.79. The minimum absolute atomic E-state index is 0.241. The van der Waals surface area contributed by atoms with Gasteiger partial charge in [0.05, 0.1) is 5.56 Å². The molecule has 19 heavy (non-hydrogen) atoms. The molecule has 0 atom stereocenters. The number of rotatable bonds is 4. The van der Waals surface area contributed by atoms with Gasteiger partial charge in [0.25, 0.3) is 0 Å². The molecule has 0 fully saturated rings. The second kappa shape index (κ2) is 7.75. The van der Waals surface area contributed by atoms with Crippen molar-refractivity contribution in [3.05, 3.63) is 28.2 Å². The lowest BCUT2D eigenvalue weighted by molar-refractivity contribution is -0.131. The fraction of sp³-hybridized carbons (Fsp3) is 0.333. The maximum absolute atomic E-state index is 12.0. The Hall–Kier alpha value is -1.60. The Morgan fingerprint density at radius 3 is 2.74 bits per heavy atom. The Balaban J connectivity index is 2.95. The molecule has 3 nitrogen and oxygen atoms in total. The van der Waals surface area contributed by atoms with Crippen molar-refractivity contribution >= 4 is 27.7 Å². The molecule has 0 heterocycles. The van der Waals surface area contributed by atoms with Gasteiger partial charge in [-0.25, -0.2) is 0 Å². The highest BCUT2D eigenvalue weighted by molar-refractivity contribution is 9.10. The molecule has 0 aliphatic carbocycles. The van der Waals surface area contributed by atoms with E-state index in [0.717, 1.165) is 17.3 Å². The number of carbonyl (C=O) groups excluding carboxylic acids is 2. The van der Waals surface area contributed by atoms with Crippen molar-refractivity contribution in [2.45, 2.75) is 33.1 Å². The molecule has 0 N–H and O–H groups in total. The van der Waals surface area contributed by atoms with Gasteiger partial charge in [0.15, 0.2) is 0 Å². The number of hydrogen-bond acceptors (Lipinski definition) is 3. The number of benzene rings is 1. The zero-order valence-corrected chi connectivity index (χ0v) is 12.5. The van der Waals surface area contributed by atoms with Crippen molar-refractivity contribution in [3.8, 4) is 17.6 Å². The van der Waals surface area contributed by atoms with Crippen LogP contribution in [0.2, 0.25) is 0 Å². The molecule has 4 heteroatoms. The number of hydrogen-bond donors (Lipinski definition) is 0. The molecule has 0 bridgehead atoms. The maximum atomic E-state index is 12.0. The van der Waals surface area contributed by atoms with Gasteiger partial charge in [-0.05, 0) is 30.5 Å². The van der Waals surface area contributed by atoms with E-state index in [0.29, 0.717) is 12.0 Å². The summed E-state index contributed by atoms with van der Waals surface area (Å²) in [7, 11) is 0. The van der Waals surface area contributed by atoms with E-state index in [4.69, 9.17) is 4.74 Å². The standard InChI is InChI=1S/C15H15BrO3/c1-3-4-5-6-7-14(18)13-10-12(16)8-9-15(13)19-11(2)17/h8-10H,3-5H2,1-2H3. The Morgan fingerprint density at radius 2 is 2.11 bits per heavy atom. The van der Waals surface area contributed by atoms with Gasteiger partial charge >= 0.3 is 5.97 Å². The van der Waals surface area contributed by atoms with E-state index in [2.05, 4.69) is 34.7 Å². The van der Waals surface area contributed by atoms with Crippen molar-refractivity contribution in [1.29, 1.82) is 0 Å². The van der Waals surface area contributed by atoms with Gasteiger partial charge in [0, 0.05) is 17.8 Å². The van der Waals surface area contributed by atoms with E-state index in [1.807, 2.05) is 0 Å². The average Bonchev–Trinajstić information content (AvgIpc) is 2.36. The summed E-state index contributed by atoms with van der Waals surface area (Å²) in [5, 5.41) is 0. The molecule has 0 saturated heterocycles. The van der Waals surface area contributed by atoms with E-state index in [9.17, 15) is 9.59 Å². The van der Waals surface area contributed by atoms with Crippen LogP contribution in [0.5, 0.6) is 5.75 Å². The van der Waals surface area contributed by atoms with E-state index in [-0.39, 0.29) is 11.5 Å². The minimum Gasteiger partial charge on any atom is -0.426 e. The smallest absolute Gasteiger partial charge is 0.308 e. The number of ketones is 1. The summed E-state index contributed by atoms with van der Waals surface area (Å²) < 4.78 is 5.74. The fourth-order valence-corrected chi connectivity index (χ4v) is 1.76. The summed E-state index contributed by atoms with van der Waals surface area (Å²) >= 11 is 3.28. The zero-order chi connectivity index (χ0) is 14.3. The van der Waals surface area contributed by atoms with Crippen LogP contribution in [0.1, 0.15) is 43.5 Å². The predicted molar refractivity (Wildman–Crippen MR) is 77.1 cm³/mol. The van der Waals surface area contributed by atoms with Crippen LogP contribution in [0, 0.1) is 11.8 Å². The molecular weight excluding hydrogens is 308 g/mol. The van der Waals surface area contributed by atoms with Crippen molar-refractivity contribution < 1.29 is 14.3 Å². The van der Waals surface area contributed by atoms with Crippen LogP contribution < -0.4 is 4.74 Å². The molecular formula is C15H15BrO3. The summed E-state index contributed by atoms with van der Waals surface area (Å²) in [5.74, 6) is 4.84. The van der Waals surface area contributed by atoms with Gasteiger partial charge in [0.1, 0.15) is 5.75 Å². The van der Waals surface area contributed by atoms with Crippen molar-refractivity contribution in [2.24, 2.45) is 0 Å². The van der Waals surface area contributed by atoms with Gasteiger partial charge in [-0.15, -0.1) is 0 Å². The highest BCUT2D eigenvalue weighted by Gasteiger charge is 2.12. The number of Topliss-reactive ketones (excluding diaryl/α,β-unsaturated/α-hetero) is 1. The number of unbranched alkanes of at least 4 members (excludes halogenated alkanes) is 2. The van der Waals surface area contributed by atoms with E-state index in [1.54, 1.807) is 18.2 Å². The molecule has 0 spiro atoms. The normalized spacial score (nSPS) is 9.42. The van der Waals surface area contributed by atoms with Crippen LogP contribution in [-0.4, -0.2) is 11.8 Å². The lowest BCUT2D eigenvalue weighted by Gasteiger charge is -2.05. The summed E-state index contributed by atoms with van der Waals surface area (Å²) in [6.07, 6.45) is 2.70. The summed E-state index contributed by atoms with van der Waals surface area (Å²) in [6.45, 7) is 3.36. The van der Waals surface area contributed by atoms with E-state index in [1.165, 1.54) is 6.92 Å². The van der Waals surface area contributed by atoms with Gasteiger partial charge in [-0.3, -0.25) is 9.59 Å². The Bertz CT molecular complexity index is 538. The predicted octanol–water partition coefficient (Wildman–Crippen LogP) is 3.75. The SMILES string of the molecule is CCCCC#CC(=O)c1cc(Br)ccc1OC(C)=O. The third-order valence-electron chi connectivity index (χ3n) is 2.30. The zero-order valence-electron chi connectivity index (χ0n) is 11.0. The lowest BCUT2D eigenvalue weighted by atomic mass is 10.1. The molecule has 0 saturated carbocycles. The van der Waals surface area contributed by atoms with Gasteiger partial charge in [0.2, 0.25) is 5.78 Å². The number of esters is 1. The first-order chi connectivity index (χ1) is 9.04. The van der Waals surface area contributed by atoms with Crippen LogP contribution >= 0.6 is 15.9 Å². The first kappa shape index (κ1) is 15.5. The van der Waals surface area contributed by atoms with E-state index < -0.39 is 5.97 Å². The number of carbonyl (C=O) groups is 2. The van der Waals surface area contributed by atoms with Crippen LogP contribution in [0.4, 0.5) is 0 Å². The summed E-state index contributed by atoms with van der Waals surface area (Å²) in [4.78, 5) is 23.0. The van der Waals surface area contributed by atoms with Crippen molar-refractivity contribution in [3.63, 3.8) is 0 Å². The molecule has 0 radical (unpaired) electrons. The van der Waals surface area contributed by atoms with Crippen LogP contribution in [0.3, 0.4) is 0 Å². The lowest BCUT2D eigenvalue weighted by Crippen LogP contribution is -2.06. The first-order valence-corrected chi connectivity index (χ1v) is 6.85. The molecule has 100 valence electrons. The molecule has 0 amide bonds. The second-order valence-electron chi connectivity index (χ2n) is 3.97. The second-order valence-corrected chi connectivity index (χ2v) is 4.88. The molecule has 0 unspecified atom stereocenters. The highest BCUT2D eigenvalue weighted by Crippen LogP contribution is 2.23. The van der Waals surface area contributed by atoms with Crippen molar-refractivity contribution in [2.75, 3.05) is 0 Å². The van der Waals surface area contributed by atoms with Crippen LogP contribution in [0.15, 0.2) is 22.7 Å². The third kappa shape index (κ3) is 5.27. The maximum Gasteiger partial charge on any atom is 0.308 e. The van der Waals surface area contributed by atoms with Crippen LogP contribution in [0.25, 0.3) is 0 Å². The average molecular weight is 323 g/mol. The summed E-state index contributed by atoms with van der Waals surface area (Å²) in [5.41, 5.74) is 0.300. The Labute approximate surface area is 121 Å². The molecule has 1 aromatic rings. The molecule has 0 aliphatic rings. The van der Waals surface area contributed by atoms with Gasteiger partial charge in [-0.1, -0.05) is 35.2 Å². The van der Waals surface area contributed by atoms with Gasteiger partial charge in [-0.2, -0.15) is 0 Å². The minimum atomic E-state index is -0.463. The van der Waals surface area contributed by atoms with Crippen LogP contribution in [-0.2, 0) is 4.79 Å². The molecule has 1 aromatic carbocycles. The number of ether oxygens (including phenoxy) is 1. The van der Waals surface area contributed by atoms with E-state index >= 15 is 0 Å². The monoisotopic (exact) mass is 322 g/mol. The topological polar surface area (TPSA) is 43.4 Å².